The van der Waals surface area contributed by atoms with Crippen LogP contribution in [0.25, 0.3) is 0 Å². The second-order valence-corrected chi connectivity index (χ2v) is 18.9. The lowest BCUT2D eigenvalue weighted by atomic mass is 9.47. The molecule has 184 valence electrons. The van der Waals surface area contributed by atoms with E-state index in [1.165, 1.54) is 70.6 Å². The number of allylic oxidation sites excluding steroid dienone is 2. The maximum atomic E-state index is 6.60. The van der Waals surface area contributed by atoms with E-state index >= 15 is 0 Å². The highest BCUT2D eigenvalue weighted by molar-refractivity contribution is 6.69. The Morgan fingerprint density at radius 1 is 0.938 bits per heavy atom. The molecule has 4 aliphatic rings. The van der Waals surface area contributed by atoms with Crippen molar-refractivity contribution >= 4 is 8.32 Å². The fourth-order valence-corrected chi connectivity index (χ4v) is 10.3. The summed E-state index contributed by atoms with van der Waals surface area (Å²) in [5.41, 5.74) is 3.03. The topological polar surface area (TPSA) is 9.23 Å². The van der Waals surface area contributed by atoms with Crippen LogP contribution in [-0.2, 0) is 4.43 Å². The third kappa shape index (κ3) is 4.71. The molecule has 0 aromatic heterocycles. The molecular formula is C30H54OSi. The van der Waals surface area contributed by atoms with Gasteiger partial charge in [-0.15, -0.1) is 0 Å². The molecule has 4 aliphatic carbocycles. The molecule has 0 radical (unpaired) electrons. The molecule has 0 amide bonds. The van der Waals surface area contributed by atoms with Gasteiger partial charge in [-0.3, -0.25) is 0 Å². The Morgan fingerprint density at radius 3 is 2.31 bits per heavy atom. The van der Waals surface area contributed by atoms with Crippen molar-refractivity contribution in [3.05, 3.63) is 11.6 Å². The maximum absolute atomic E-state index is 6.60. The Labute approximate surface area is 201 Å². The zero-order chi connectivity index (χ0) is 23.3. The molecule has 1 nitrogen and oxygen atoms in total. The molecule has 0 aliphatic heterocycles. The van der Waals surface area contributed by atoms with Crippen LogP contribution in [0.3, 0.4) is 0 Å². The second kappa shape index (κ2) is 9.18. The fourth-order valence-electron chi connectivity index (χ4n) is 9.10. The first-order valence-electron chi connectivity index (χ1n) is 14.3. The molecule has 0 heterocycles. The van der Waals surface area contributed by atoms with Gasteiger partial charge in [0.25, 0.3) is 0 Å². The van der Waals surface area contributed by atoms with E-state index in [9.17, 15) is 0 Å². The van der Waals surface area contributed by atoms with Gasteiger partial charge in [-0.25, -0.2) is 0 Å². The first kappa shape index (κ1) is 25.0. The van der Waals surface area contributed by atoms with E-state index in [0.29, 0.717) is 16.9 Å². The van der Waals surface area contributed by atoms with Crippen LogP contribution in [0, 0.1) is 46.3 Å². The molecule has 0 bridgehead atoms. The number of hydrogen-bond acceptors (Lipinski definition) is 1. The summed E-state index contributed by atoms with van der Waals surface area (Å²) in [5, 5.41) is 0. The van der Waals surface area contributed by atoms with Gasteiger partial charge in [0.15, 0.2) is 8.32 Å². The molecular weight excluding hydrogens is 404 g/mol. The predicted molar refractivity (Wildman–Crippen MR) is 141 cm³/mol. The SMILES string of the molecule is CC(C)CCC[C@@H](C)[C@H]1CC[C@H]2C3=CC[C@H]4CC(O[Si](C)(C)C)CC[C@]4(C)[C@H]3CC[C@]12C. The summed E-state index contributed by atoms with van der Waals surface area (Å²) in [4.78, 5) is 0. The average Bonchev–Trinajstić information content (AvgIpc) is 3.04. The van der Waals surface area contributed by atoms with E-state index in [0.717, 1.165) is 35.5 Å². The molecule has 0 aromatic carbocycles. The molecule has 0 spiro atoms. The van der Waals surface area contributed by atoms with Gasteiger partial charge < -0.3 is 4.43 Å². The lowest BCUT2D eigenvalue weighted by Crippen LogP contribution is -2.50. The summed E-state index contributed by atoms with van der Waals surface area (Å²) in [7, 11) is -1.44. The van der Waals surface area contributed by atoms with Gasteiger partial charge in [0.1, 0.15) is 0 Å². The standard InChI is InChI=1S/C30H54OSi/c1-21(2)10-9-11-22(3)26-14-15-27-25-13-12-23-20-24(31-32(6,7)8)16-18-29(23,4)28(25)17-19-30(26,27)5/h13,21-24,26-28H,9-12,14-20H2,1-8H3/t22-,23+,24?,26-,27+,28+,29+,30-/m1/s1. The largest absolute Gasteiger partial charge is 0.415 e. The average molecular weight is 459 g/mol. The Balaban J connectivity index is 1.46. The van der Waals surface area contributed by atoms with E-state index in [2.05, 4.69) is 60.3 Å². The molecule has 32 heavy (non-hydrogen) atoms. The van der Waals surface area contributed by atoms with Gasteiger partial charge in [0.05, 0.1) is 0 Å². The van der Waals surface area contributed by atoms with Gasteiger partial charge in [-0.1, -0.05) is 65.5 Å². The number of fused-ring (bicyclic) bond motifs is 5. The first-order chi connectivity index (χ1) is 14.9. The van der Waals surface area contributed by atoms with Crippen LogP contribution in [0.15, 0.2) is 11.6 Å². The van der Waals surface area contributed by atoms with Crippen LogP contribution in [0.4, 0.5) is 0 Å². The van der Waals surface area contributed by atoms with Crippen molar-refractivity contribution in [1.82, 2.24) is 0 Å². The molecule has 8 atom stereocenters. The normalized spacial score (nSPS) is 42.8. The monoisotopic (exact) mass is 458 g/mol. The second-order valence-electron chi connectivity index (χ2n) is 14.4. The third-order valence-electron chi connectivity index (χ3n) is 10.8. The van der Waals surface area contributed by atoms with Crippen molar-refractivity contribution in [2.24, 2.45) is 46.3 Å². The molecule has 3 fully saturated rings. The maximum Gasteiger partial charge on any atom is 0.184 e. The summed E-state index contributed by atoms with van der Waals surface area (Å²) in [6, 6.07) is 0. The molecule has 0 aromatic rings. The summed E-state index contributed by atoms with van der Waals surface area (Å²) in [6.07, 6.45) is 18.9. The van der Waals surface area contributed by atoms with Gasteiger partial charge in [0, 0.05) is 6.10 Å². The lowest BCUT2D eigenvalue weighted by Gasteiger charge is -2.58. The van der Waals surface area contributed by atoms with Gasteiger partial charge in [-0.2, -0.15) is 0 Å². The van der Waals surface area contributed by atoms with Crippen LogP contribution in [0.1, 0.15) is 105 Å². The fraction of sp³-hybridized carbons (Fsp3) is 0.933. The molecule has 3 saturated carbocycles. The van der Waals surface area contributed by atoms with E-state index in [-0.39, 0.29) is 0 Å². The highest BCUT2D eigenvalue weighted by atomic mass is 28.4. The summed E-state index contributed by atoms with van der Waals surface area (Å²) in [6.45, 7) is 19.8. The van der Waals surface area contributed by atoms with Crippen molar-refractivity contribution in [2.45, 2.75) is 131 Å². The van der Waals surface area contributed by atoms with Gasteiger partial charge in [0.2, 0.25) is 0 Å². The van der Waals surface area contributed by atoms with Crippen LogP contribution >= 0.6 is 0 Å². The quantitative estimate of drug-likeness (QED) is 0.273. The van der Waals surface area contributed by atoms with Crippen LogP contribution < -0.4 is 0 Å². The van der Waals surface area contributed by atoms with Crippen molar-refractivity contribution in [1.29, 1.82) is 0 Å². The molecule has 2 heteroatoms. The van der Waals surface area contributed by atoms with Crippen LogP contribution in [0.2, 0.25) is 19.6 Å². The van der Waals surface area contributed by atoms with E-state index in [4.69, 9.17) is 4.43 Å². The van der Waals surface area contributed by atoms with Crippen LogP contribution in [-0.4, -0.2) is 14.4 Å². The molecule has 4 rings (SSSR count). The first-order valence-corrected chi connectivity index (χ1v) is 17.7. The van der Waals surface area contributed by atoms with Crippen molar-refractivity contribution < 1.29 is 4.43 Å². The van der Waals surface area contributed by atoms with E-state index < -0.39 is 8.32 Å². The van der Waals surface area contributed by atoms with Gasteiger partial charge in [-0.05, 0) is 117 Å². The summed E-state index contributed by atoms with van der Waals surface area (Å²) in [5.74, 6) is 5.31. The molecule has 0 saturated heterocycles. The Bertz CT molecular complexity index is 689. The number of rotatable bonds is 7. The molecule has 1 unspecified atom stereocenters. The minimum atomic E-state index is -1.44. The Morgan fingerprint density at radius 2 is 1.62 bits per heavy atom. The molecule has 0 N–H and O–H groups in total. The van der Waals surface area contributed by atoms with Crippen LogP contribution in [0.5, 0.6) is 0 Å². The summed E-state index contributed by atoms with van der Waals surface area (Å²) >= 11 is 0. The zero-order valence-electron chi connectivity index (χ0n) is 22.8. The Hall–Kier alpha value is -0.0831. The smallest absolute Gasteiger partial charge is 0.184 e. The number of hydrogen-bond donors (Lipinski definition) is 0. The highest BCUT2D eigenvalue weighted by Crippen LogP contribution is 2.67. The van der Waals surface area contributed by atoms with E-state index in [1.54, 1.807) is 0 Å². The predicted octanol–water partition coefficient (Wildman–Crippen LogP) is 9.25. The van der Waals surface area contributed by atoms with E-state index in [1.807, 2.05) is 5.57 Å². The van der Waals surface area contributed by atoms with Gasteiger partial charge >= 0.3 is 0 Å². The minimum Gasteiger partial charge on any atom is -0.415 e. The zero-order valence-corrected chi connectivity index (χ0v) is 23.8. The van der Waals surface area contributed by atoms with Crippen molar-refractivity contribution in [2.75, 3.05) is 0 Å². The minimum absolute atomic E-state index is 0.533. The van der Waals surface area contributed by atoms with Crippen molar-refractivity contribution in [3.63, 3.8) is 0 Å². The van der Waals surface area contributed by atoms with Crippen molar-refractivity contribution in [3.8, 4) is 0 Å². The third-order valence-corrected chi connectivity index (χ3v) is 11.8. The Kier molecular flexibility index (Phi) is 7.17. The summed E-state index contributed by atoms with van der Waals surface area (Å²) < 4.78 is 6.60. The lowest BCUT2D eigenvalue weighted by molar-refractivity contribution is -0.0384. The highest BCUT2D eigenvalue weighted by Gasteiger charge is 2.58.